The molecule has 3 atom stereocenters. The van der Waals surface area contributed by atoms with Crippen molar-refractivity contribution in [3.63, 3.8) is 0 Å². The minimum Gasteiger partial charge on any atom is -0.323 e. The number of aryl methyl sites for hydroxylation is 3. The van der Waals surface area contributed by atoms with Crippen LogP contribution in [0.25, 0.3) is 0 Å². The molecule has 1 amide bonds. The van der Waals surface area contributed by atoms with Gasteiger partial charge in [0.15, 0.2) is 6.54 Å². The third kappa shape index (κ3) is 3.33. The van der Waals surface area contributed by atoms with Gasteiger partial charge in [-0.2, -0.15) is 0 Å². The van der Waals surface area contributed by atoms with Crippen LogP contribution in [0, 0.1) is 20.8 Å². The Labute approximate surface area is 133 Å². The maximum Gasteiger partial charge on any atom is 0.279 e. The lowest BCUT2D eigenvalue weighted by Crippen LogP contribution is -3.30. The standard InChI is InChI=1S/C18H27N3O/c1-13-9-14(2)18(15(3)10-13)19-17(22)12-20-7-8-21-6-4-5-16(21)11-20/h9-10,16H,4-8,11-12H2,1-3H3,(H,19,22)/p+2/t16-/m0/s1. The third-order valence-electron chi connectivity index (χ3n) is 5.31. The topological polar surface area (TPSA) is 38.0 Å². The number of hydrogen-bond acceptors (Lipinski definition) is 1. The molecule has 4 nitrogen and oxygen atoms in total. The van der Waals surface area contributed by atoms with Crippen molar-refractivity contribution in [2.45, 2.75) is 39.7 Å². The summed E-state index contributed by atoms with van der Waals surface area (Å²) < 4.78 is 0. The van der Waals surface area contributed by atoms with Crippen molar-refractivity contribution in [3.8, 4) is 0 Å². The molecule has 4 heteroatoms. The largest absolute Gasteiger partial charge is 0.323 e. The maximum absolute atomic E-state index is 12.4. The molecule has 3 rings (SSSR count). The van der Waals surface area contributed by atoms with Crippen LogP contribution in [-0.2, 0) is 4.79 Å². The number of nitrogens with one attached hydrogen (secondary N) is 3. The number of quaternary nitrogens is 2. The molecule has 0 aliphatic carbocycles. The van der Waals surface area contributed by atoms with E-state index < -0.39 is 0 Å². The first-order chi connectivity index (χ1) is 10.5. The molecule has 0 bridgehead atoms. The van der Waals surface area contributed by atoms with Crippen LogP contribution in [0.5, 0.6) is 0 Å². The Morgan fingerprint density at radius 3 is 2.64 bits per heavy atom. The first-order valence-electron chi connectivity index (χ1n) is 8.59. The zero-order valence-corrected chi connectivity index (χ0v) is 14.1. The molecular weight excluding hydrogens is 274 g/mol. The lowest BCUT2D eigenvalue weighted by Gasteiger charge is -2.31. The second-order valence-electron chi connectivity index (χ2n) is 7.20. The Balaban J connectivity index is 1.59. The molecule has 2 unspecified atom stereocenters. The quantitative estimate of drug-likeness (QED) is 0.692. The van der Waals surface area contributed by atoms with Crippen molar-refractivity contribution in [2.75, 3.05) is 38.0 Å². The fourth-order valence-electron chi connectivity index (χ4n) is 4.30. The van der Waals surface area contributed by atoms with Crippen molar-refractivity contribution < 1.29 is 14.6 Å². The van der Waals surface area contributed by atoms with Gasteiger partial charge in [-0.3, -0.25) is 4.79 Å². The molecule has 2 aliphatic heterocycles. The van der Waals surface area contributed by atoms with Crippen molar-refractivity contribution in [2.24, 2.45) is 0 Å². The molecule has 22 heavy (non-hydrogen) atoms. The highest BCUT2D eigenvalue weighted by molar-refractivity contribution is 5.93. The van der Waals surface area contributed by atoms with Gasteiger partial charge in [0, 0.05) is 18.5 Å². The average molecular weight is 303 g/mol. The van der Waals surface area contributed by atoms with Crippen LogP contribution in [-0.4, -0.2) is 44.7 Å². The van der Waals surface area contributed by atoms with Gasteiger partial charge in [-0.15, -0.1) is 0 Å². The molecule has 0 radical (unpaired) electrons. The van der Waals surface area contributed by atoms with E-state index in [0.717, 1.165) is 35.9 Å². The predicted molar refractivity (Wildman–Crippen MR) is 88.6 cm³/mol. The van der Waals surface area contributed by atoms with E-state index in [0.29, 0.717) is 6.54 Å². The molecular formula is C18H29N3O+2. The Bertz CT molecular complexity index is 546. The molecule has 1 aromatic carbocycles. The van der Waals surface area contributed by atoms with Gasteiger partial charge < -0.3 is 15.1 Å². The number of carbonyl (C=O) groups is 1. The van der Waals surface area contributed by atoms with Crippen LogP contribution in [0.1, 0.15) is 29.5 Å². The number of anilines is 1. The fraction of sp³-hybridized carbons (Fsp3) is 0.611. The van der Waals surface area contributed by atoms with Crippen molar-refractivity contribution in [1.29, 1.82) is 0 Å². The monoisotopic (exact) mass is 303 g/mol. The Kier molecular flexibility index (Phi) is 4.50. The summed E-state index contributed by atoms with van der Waals surface area (Å²) in [5, 5.41) is 3.15. The van der Waals surface area contributed by atoms with Crippen LogP contribution in [0.2, 0.25) is 0 Å². The minimum absolute atomic E-state index is 0.159. The molecule has 120 valence electrons. The van der Waals surface area contributed by atoms with Crippen molar-refractivity contribution in [1.82, 2.24) is 0 Å². The van der Waals surface area contributed by atoms with Crippen LogP contribution < -0.4 is 15.1 Å². The average Bonchev–Trinajstić information content (AvgIpc) is 2.90. The van der Waals surface area contributed by atoms with E-state index >= 15 is 0 Å². The first kappa shape index (κ1) is 15.5. The van der Waals surface area contributed by atoms with Gasteiger partial charge in [0.05, 0.1) is 6.54 Å². The molecule has 2 fully saturated rings. The summed E-state index contributed by atoms with van der Waals surface area (Å²) in [6.07, 6.45) is 2.71. The van der Waals surface area contributed by atoms with Crippen LogP contribution in [0.15, 0.2) is 12.1 Å². The highest BCUT2D eigenvalue weighted by Gasteiger charge is 2.37. The number of amides is 1. The fourth-order valence-corrected chi connectivity index (χ4v) is 4.30. The molecule has 0 saturated carbocycles. The molecule has 2 heterocycles. The normalized spacial score (nSPS) is 27.5. The SMILES string of the molecule is Cc1cc(C)c(NC(=O)C[NH+]2CC[NH+]3CCC[C@H]3C2)c(C)c1. The van der Waals surface area contributed by atoms with Gasteiger partial charge in [-0.05, 0) is 31.9 Å². The van der Waals surface area contributed by atoms with Crippen LogP contribution >= 0.6 is 0 Å². The first-order valence-corrected chi connectivity index (χ1v) is 8.59. The van der Waals surface area contributed by atoms with Gasteiger partial charge in [0.25, 0.3) is 5.91 Å². The summed E-state index contributed by atoms with van der Waals surface area (Å²) >= 11 is 0. The lowest BCUT2D eigenvalue weighted by atomic mass is 10.1. The molecule has 3 N–H and O–H groups in total. The number of fused-ring (bicyclic) bond motifs is 1. The van der Waals surface area contributed by atoms with Crippen molar-refractivity contribution >= 4 is 11.6 Å². The number of piperazine rings is 1. The Hall–Kier alpha value is -1.39. The van der Waals surface area contributed by atoms with E-state index in [4.69, 9.17) is 0 Å². The zero-order chi connectivity index (χ0) is 15.7. The molecule has 1 aromatic rings. The number of benzene rings is 1. The van der Waals surface area contributed by atoms with Gasteiger partial charge in [0.1, 0.15) is 25.7 Å². The van der Waals surface area contributed by atoms with Crippen LogP contribution in [0.4, 0.5) is 5.69 Å². The van der Waals surface area contributed by atoms with E-state index in [2.05, 4.69) is 38.2 Å². The van der Waals surface area contributed by atoms with E-state index in [9.17, 15) is 4.79 Å². The summed E-state index contributed by atoms with van der Waals surface area (Å²) in [4.78, 5) is 15.7. The lowest BCUT2D eigenvalue weighted by molar-refractivity contribution is -1.02. The highest BCUT2D eigenvalue weighted by atomic mass is 16.2. The van der Waals surface area contributed by atoms with Gasteiger partial charge in [0.2, 0.25) is 0 Å². The second-order valence-corrected chi connectivity index (χ2v) is 7.20. The number of rotatable bonds is 3. The van der Waals surface area contributed by atoms with E-state index in [1.165, 1.54) is 36.4 Å². The number of carbonyl (C=O) groups excluding carboxylic acids is 1. The van der Waals surface area contributed by atoms with Gasteiger partial charge >= 0.3 is 0 Å². The summed E-state index contributed by atoms with van der Waals surface area (Å²) in [7, 11) is 0. The maximum atomic E-state index is 12.4. The molecule has 0 aromatic heterocycles. The van der Waals surface area contributed by atoms with Crippen molar-refractivity contribution in [3.05, 3.63) is 28.8 Å². The van der Waals surface area contributed by atoms with E-state index in [1.54, 1.807) is 4.90 Å². The second kappa shape index (κ2) is 6.39. The molecule has 2 saturated heterocycles. The number of hydrogen-bond donors (Lipinski definition) is 3. The van der Waals surface area contributed by atoms with E-state index in [1.807, 2.05) is 0 Å². The summed E-state index contributed by atoms with van der Waals surface area (Å²) in [6.45, 7) is 11.7. The van der Waals surface area contributed by atoms with Gasteiger partial charge in [-0.25, -0.2) is 0 Å². The third-order valence-corrected chi connectivity index (χ3v) is 5.31. The molecule has 0 spiro atoms. The van der Waals surface area contributed by atoms with Crippen LogP contribution in [0.3, 0.4) is 0 Å². The Morgan fingerprint density at radius 1 is 1.18 bits per heavy atom. The predicted octanol–water partition coefficient (Wildman–Crippen LogP) is -0.504. The summed E-state index contributed by atoms with van der Waals surface area (Å²) in [5.41, 5.74) is 4.57. The zero-order valence-electron chi connectivity index (χ0n) is 14.1. The Morgan fingerprint density at radius 2 is 1.91 bits per heavy atom. The molecule has 2 aliphatic rings. The minimum atomic E-state index is 0.159. The highest BCUT2D eigenvalue weighted by Crippen LogP contribution is 2.21. The van der Waals surface area contributed by atoms with Gasteiger partial charge in [-0.1, -0.05) is 17.7 Å². The van der Waals surface area contributed by atoms with E-state index in [-0.39, 0.29) is 5.91 Å². The summed E-state index contributed by atoms with van der Waals surface area (Å²) in [5.74, 6) is 0.159. The summed E-state index contributed by atoms with van der Waals surface area (Å²) in [6, 6.07) is 5.06. The smallest absolute Gasteiger partial charge is 0.279 e.